The third-order valence-electron chi connectivity index (χ3n) is 5.28. The van der Waals surface area contributed by atoms with E-state index in [-0.39, 0.29) is 10.8 Å². The molecule has 1 fully saturated rings. The number of hydrogen-bond acceptors (Lipinski definition) is 3. The molecule has 1 saturated heterocycles. The third-order valence-corrected chi connectivity index (χ3v) is 7.83. The smallest absolute Gasteiger partial charge is 0.259 e. The molecule has 0 aromatic heterocycles. The van der Waals surface area contributed by atoms with Gasteiger partial charge in [0.2, 0.25) is 10.0 Å². The molecule has 8 heteroatoms. The Labute approximate surface area is 172 Å². The minimum Gasteiger partial charge on any atom is -0.308 e. The van der Waals surface area contributed by atoms with Gasteiger partial charge in [-0.1, -0.05) is 0 Å². The van der Waals surface area contributed by atoms with Crippen LogP contribution in [0, 0.1) is 5.82 Å². The van der Waals surface area contributed by atoms with Gasteiger partial charge in [0, 0.05) is 29.8 Å². The van der Waals surface area contributed by atoms with Gasteiger partial charge in [-0.3, -0.25) is 4.79 Å². The van der Waals surface area contributed by atoms with Crippen molar-refractivity contribution in [3.05, 3.63) is 57.8 Å². The van der Waals surface area contributed by atoms with E-state index < -0.39 is 15.8 Å². The Morgan fingerprint density at radius 3 is 2.46 bits per heavy atom. The van der Waals surface area contributed by atoms with E-state index in [1.807, 2.05) is 0 Å². The molecule has 0 spiro atoms. The van der Waals surface area contributed by atoms with Crippen LogP contribution in [0.3, 0.4) is 0 Å². The molecule has 0 radical (unpaired) electrons. The summed E-state index contributed by atoms with van der Waals surface area (Å²) in [6.07, 6.45) is 3.23. The number of carbonyl (C=O) groups is 1. The molecule has 2 aromatic carbocycles. The highest BCUT2D eigenvalue weighted by Crippen LogP contribution is 2.33. The topological polar surface area (TPSA) is 57.7 Å². The molecule has 28 heavy (non-hydrogen) atoms. The lowest BCUT2D eigenvalue weighted by molar-refractivity contribution is 0.0984. The molecular weight excluding hydrogens is 447 g/mol. The molecule has 5 nitrogen and oxygen atoms in total. The number of anilines is 1. The maximum Gasteiger partial charge on any atom is 0.259 e. The summed E-state index contributed by atoms with van der Waals surface area (Å²) in [5.74, 6) is -0.651. The summed E-state index contributed by atoms with van der Waals surface area (Å²) < 4.78 is 41.0. The number of sulfonamides is 1. The van der Waals surface area contributed by atoms with Crippen molar-refractivity contribution in [2.75, 3.05) is 24.5 Å². The van der Waals surface area contributed by atoms with Gasteiger partial charge in [0.1, 0.15) is 5.82 Å². The third kappa shape index (κ3) is 3.49. The zero-order valence-electron chi connectivity index (χ0n) is 15.2. The molecule has 2 aliphatic heterocycles. The molecule has 1 amide bonds. The van der Waals surface area contributed by atoms with Gasteiger partial charge in [-0.05, 0) is 83.6 Å². The molecule has 0 saturated carbocycles. The zero-order chi connectivity index (χ0) is 19.9. The molecule has 4 rings (SSSR count). The van der Waals surface area contributed by atoms with Crippen molar-refractivity contribution in [2.24, 2.45) is 0 Å². The first kappa shape index (κ1) is 19.5. The van der Waals surface area contributed by atoms with Crippen molar-refractivity contribution >= 4 is 37.5 Å². The number of fused-ring (bicyclic) bond motifs is 1. The van der Waals surface area contributed by atoms with E-state index in [9.17, 15) is 17.6 Å². The first-order valence-corrected chi connectivity index (χ1v) is 11.5. The minimum atomic E-state index is -3.49. The first-order valence-electron chi connectivity index (χ1n) is 9.28. The number of benzene rings is 2. The van der Waals surface area contributed by atoms with Crippen molar-refractivity contribution < 1.29 is 17.6 Å². The van der Waals surface area contributed by atoms with Crippen LogP contribution in [0.15, 0.2) is 45.8 Å². The van der Waals surface area contributed by atoms with Gasteiger partial charge in [-0.15, -0.1) is 0 Å². The van der Waals surface area contributed by atoms with Crippen molar-refractivity contribution in [3.63, 3.8) is 0 Å². The Morgan fingerprint density at radius 2 is 1.75 bits per heavy atom. The van der Waals surface area contributed by atoms with Crippen LogP contribution in [-0.2, 0) is 16.4 Å². The molecule has 2 aromatic rings. The van der Waals surface area contributed by atoms with E-state index in [1.165, 1.54) is 22.5 Å². The molecular formula is C20H20BrFN2O3S. The average Bonchev–Trinajstić information content (AvgIpc) is 3.22. The molecule has 0 aliphatic carbocycles. The molecule has 0 bridgehead atoms. The highest BCUT2D eigenvalue weighted by atomic mass is 79.9. The highest BCUT2D eigenvalue weighted by molar-refractivity contribution is 9.10. The summed E-state index contributed by atoms with van der Waals surface area (Å²) in [6, 6.07) is 8.98. The SMILES string of the molecule is O=C(c1ccc(F)cc1Br)N1CCCc2cc(S(=O)(=O)N3CCCC3)ccc21. The van der Waals surface area contributed by atoms with Crippen molar-refractivity contribution in [1.82, 2.24) is 4.31 Å². The normalized spacial score (nSPS) is 17.6. The lowest BCUT2D eigenvalue weighted by Crippen LogP contribution is -2.36. The Hall–Kier alpha value is -1.77. The summed E-state index contributed by atoms with van der Waals surface area (Å²) in [4.78, 5) is 15.0. The van der Waals surface area contributed by atoms with Gasteiger partial charge >= 0.3 is 0 Å². The van der Waals surface area contributed by atoms with Crippen LogP contribution in [0.4, 0.5) is 10.1 Å². The fraction of sp³-hybridized carbons (Fsp3) is 0.350. The van der Waals surface area contributed by atoms with E-state index >= 15 is 0 Å². The summed E-state index contributed by atoms with van der Waals surface area (Å²) in [6.45, 7) is 1.65. The minimum absolute atomic E-state index is 0.233. The molecule has 2 heterocycles. The standard InChI is InChI=1S/C20H20BrFN2O3S/c21-18-13-15(22)5-7-17(18)20(25)24-11-3-4-14-12-16(6-8-19(14)24)28(26,27)23-9-1-2-10-23/h5-8,12-13H,1-4,9-11H2. The maximum absolute atomic E-state index is 13.4. The Morgan fingerprint density at radius 1 is 1.00 bits per heavy atom. The largest absolute Gasteiger partial charge is 0.308 e. The van der Waals surface area contributed by atoms with Crippen LogP contribution in [0.25, 0.3) is 0 Å². The summed E-state index contributed by atoms with van der Waals surface area (Å²) in [5.41, 5.74) is 1.94. The summed E-state index contributed by atoms with van der Waals surface area (Å²) in [5, 5.41) is 0. The number of aryl methyl sites for hydroxylation is 1. The molecule has 0 N–H and O–H groups in total. The van der Waals surface area contributed by atoms with Crippen LogP contribution in [0.2, 0.25) is 0 Å². The number of carbonyl (C=O) groups excluding carboxylic acids is 1. The van der Waals surface area contributed by atoms with Crippen LogP contribution in [0.1, 0.15) is 35.2 Å². The lowest BCUT2D eigenvalue weighted by Gasteiger charge is -2.30. The molecule has 148 valence electrons. The second-order valence-corrected chi connectivity index (χ2v) is 9.88. The van der Waals surface area contributed by atoms with E-state index in [4.69, 9.17) is 0 Å². The Bertz CT molecular complexity index is 1040. The van der Waals surface area contributed by atoms with Crippen molar-refractivity contribution in [1.29, 1.82) is 0 Å². The van der Waals surface area contributed by atoms with Gasteiger partial charge in [-0.2, -0.15) is 4.31 Å². The van der Waals surface area contributed by atoms with Gasteiger partial charge in [0.15, 0.2) is 0 Å². The first-order chi connectivity index (χ1) is 13.4. The van der Waals surface area contributed by atoms with Crippen LogP contribution in [0.5, 0.6) is 0 Å². The maximum atomic E-state index is 13.4. The van der Waals surface area contributed by atoms with Gasteiger partial charge in [0.25, 0.3) is 5.91 Å². The summed E-state index contributed by atoms with van der Waals surface area (Å²) in [7, 11) is -3.49. The van der Waals surface area contributed by atoms with Crippen LogP contribution in [-0.4, -0.2) is 38.3 Å². The highest BCUT2D eigenvalue weighted by Gasteiger charge is 2.30. The van der Waals surface area contributed by atoms with E-state index in [0.717, 1.165) is 24.8 Å². The number of nitrogens with zero attached hydrogens (tertiary/aromatic N) is 2. The second kappa shape index (κ2) is 7.57. The van der Waals surface area contributed by atoms with Crippen molar-refractivity contribution in [3.8, 4) is 0 Å². The van der Waals surface area contributed by atoms with Gasteiger partial charge < -0.3 is 4.90 Å². The quantitative estimate of drug-likeness (QED) is 0.687. The van der Waals surface area contributed by atoms with Crippen molar-refractivity contribution in [2.45, 2.75) is 30.6 Å². The zero-order valence-corrected chi connectivity index (χ0v) is 17.6. The number of rotatable bonds is 3. The molecule has 0 unspecified atom stereocenters. The number of halogens is 2. The Kier molecular flexibility index (Phi) is 5.28. The lowest BCUT2D eigenvalue weighted by atomic mass is 10.0. The number of amides is 1. The predicted molar refractivity (Wildman–Crippen MR) is 109 cm³/mol. The average molecular weight is 467 g/mol. The van der Waals surface area contributed by atoms with Gasteiger partial charge in [0.05, 0.1) is 10.5 Å². The molecule has 0 atom stereocenters. The number of hydrogen-bond donors (Lipinski definition) is 0. The van der Waals surface area contributed by atoms with Crippen LogP contribution >= 0.6 is 15.9 Å². The van der Waals surface area contributed by atoms with Gasteiger partial charge in [-0.25, -0.2) is 12.8 Å². The Balaban J connectivity index is 1.68. The second-order valence-electron chi connectivity index (χ2n) is 7.09. The monoisotopic (exact) mass is 466 g/mol. The molecule has 2 aliphatic rings. The van der Waals surface area contributed by atoms with E-state index in [1.54, 1.807) is 23.1 Å². The van der Waals surface area contributed by atoms with E-state index in [0.29, 0.717) is 41.8 Å². The van der Waals surface area contributed by atoms with Crippen LogP contribution < -0.4 is 4.90 Å². The fourth-order valence-corrected chi connectivity index (χ4v) is 5.92. The van der Waals surface area contributed by atoms with E-state index in [2.05, 4.69) is 15.9 Å². The fourth-order valence-electron chi connectivity index (χ4n) is 3.83. The predicted octanol–water partition coefficient (Wildman–Crippen LogP) is 3.97. The summed E-state index contributed by atoms with van der Waals surface area (Å²) >= 11 is 3.26.